The van der Waals surface area contributed by atoms with Crippen molar-refractivity contribution in [1.82, 2.24) is 0 Å². The van der Waals surface area contributed by atoms with Gasteiger partial charge in [0.15, 0.2) is 0 Å². The predicted molar refractivity (Wildman–Crippen MR) is 42.5 cm³/mol. The molecular formula is C9H16O2. The Morgan fingerprint density at radius 2 is 2.27 bits per heavy atom. The lowest BCUT2D eigenvalue weighted by atomic mass is 9.83. The fourth-order valence-electron chi connectivity index (χ4n) is 2.07. The Bertz CT molecular complexity index is 158. The molecular weight excluding hydrogens is 140 g/mol. The van der Waals surface area contributed by atoms with Crippen molar-refractivity contribution < 1.29 is 9.47 Å². The van der Waals surface area contributed by atoms with Crippen LogP contribution in [0.2, 0.25) is 0 Å². The van der Waals surface area contributed by atoms with Crippen LogP contribution in [0, 0.1) is 5.41 Å². The van der Waals surface area contributed by atoms with Crippen molar-refractivity contribution in [2.45, 2.75) is 38.9 Å². The van der Waals surface area contributed by atoms with Crippen LogP contribution in [0.3, 0.4) is 0 Å². The molecule has 2 heterocycles. The molecule has 0 aromatic carbocycles. The zero-order valence-corrected chi connectivity index (χ0v) is 7.30. The summed E-state index contributed by atoms with van der Waals surface area (Å²) in [5.74, 6) is 0. The molecule has 64 valence electrons. The molecule has 11 heavy (non-hydrogen) atoms. The molecule has 2 rings (SSSR count). The van der Waals surface area contributed by atoms with Gasteiger partial charge in [-0.15, -0.1) is 0 Å². The number of hydrogen-bond donors (Lipinski definition) is 0. The van der Waals surface area contributed by atoms with E-state index in [9.17, 15) is 0 Å². The predicted octanol–water partition coefficient (Wildman–Crippen LogP) is 1.59. The first-order chi connectivity index (χ1) is 5.26. The van der Waals surface area contributed by atoms with E-state index >= 15 is 0 Å². The highest BCUT2D eigenvalue weighted by Gasteiger charge is 2.48. The Balaban J connectivity index is 2.14. The monoisotopic (exact) mass is 156 g/mol. The molecule has 0 spiro atoms. The first kappa shape index (κ1) is 7.56. The Hall–Kier alpha value is -0.0800. The van der Waals surface area contributed by atoms with Crippen molar-refractivity contribution in [3.8, 4) is 0 Å². The molecule has 0 bridgehead atoms. The molecule has 2 saturated heterocycles. The van der Waals surface area contributed by atoms with Crippen LogP contribution in [0.1, 0.15) is 26.7 Å². The topological polar surface area (TPSA) is 18.5 Å². The second kappa shape index (κ2) is 2.46. The lowest BCUT2D eigenvalue weighted by Crippen LogP contribution is -2.32. The lowest BCUT2D eigenvalue weighted by Gasteiger charge is -2.26. The van der Waals surface area contributed by atoms with Crippen LogP contribution in [0.15, 0.2) is 0 Å². The fraction of sp³-hybridized carbons (Fsp3) is 1.00. The van der Waals surface area contributed by atoms with Gasteiger partial charge in [0.25, 0.3) is 0 Å². The van der Waals surface area contributed by atoms with E-state index in [1.54, 1.807) is 0 Å². The fourth-order valence-corrected chi connectivity index (χ4v) is 2.07. The minimum Gasteiger partial charge on any atom is -0.375 e. The lowest BCUT2D eigenvalue weighted by molar-refractivity contribution is 0.0282. The van der Waals surface area contributed by atoms with Gasteiger partial charge in [-0.2, -0.15) is 0 Å². The van der Waals surface area contributed by atoms with Crippen LogP contribution in [0.4, 0.5) is 0 Å². The van der Waals surface area contributed by atoms with Crippen LogP contribution in [-0.4, -0.2) is 25.4 Å². The Morgan fingerprint density at radius 1 is 1.45 bits per heavy atom. The Morgan fingerprint density at radius 3 is 3.00 bits per heavy atom. The SMILES string of the molecule is CCC1(C)COC2CCOC21. The van der Waals surface area contributed by atoms with Gasteiger partial charge in [-0.05, 0) is 12.8 Å². The van der Waals surface area contributed by atoms with Gasteiger partial charge in [0.2, 0.25) is 0 Å². The molecule has 0 aromatic heterocycles. The standard InChI is InChI=1S/C9H16O2/c1-3-9(2)6-11-7-4-5-10-8(7)9/h7-8H,3-6H2,1-2H3. The summed E-state index contributed by atoms with van der Waals surface area (Å²) in [5.41, 5.74) is 0.293. The van der Waals surface area contributed by atoms with E-state index in [0.29, 0.717) is 17.6 Å². The van der Waals surface area contributed by atoms with Crippen LogP contribution in [0.5, 0.6) is 0 Å². The van der Waals surface area contributed by atoms with Gasteiger partial charge in [0, 0.05) is 12.0 Å². The van der Waals surface area contributed by atoms with Gasteiger partial charge in [-0.25, -0.2) is 0 Å². The maximum Gasteiger partial charge on any atom is 0.0912 e. The van der Waals surface area contributed by atoms with Crippen LogP contribution < -0.4 is 0 Å². The molecule has 2 heteroatoms. The molecule has 0 N–H and O–H groups in total. The number of ether oxygens (including phenoxy) is 2. The third-order valence-electron chi connectivity index (χ3n) is 3.16. The Kier molecular flexibility index (Phi) is 1.69. The zero-order chi connectivity index (χ0) is 7.90. The van der Waals surface area contributed by atoms with Crippen molar-refractivity contribution in [1.29, 1.82) is 0 Å². The van der Waals surface area contributed by atoms with E-state index in [-0.39, 0.29) is 0 Å². The molecule has 3 unspecified atom stereocenters. The van der Waals surface area contributed by atoms with E-state index in [4.69, 9.17) is 9.47 Å². The first-order valence-corrected chi connectivity index (χ1v) is 4.49. The van der Waals surface area contributed by atoms with Crippen LogP contribution >= 0.6 is 0 Å². The third kappa shape index (κ3) is 1.00. The van der Waals surface area contributed by atoms with E-state index in [0.717, 1.165) is 26.1 Å². The van der Waals surface area contributed by atoms with Crippen molar-refractivity contribution in [3.63, 3.8) is 0 Å². The van der Waals surface area contributed by atoms with Gasteiger partial charge in [-0.3, -0.25) is 0 Å². The van der Waals surface area contributed by atoms with E-state index in [1.807, 2.05) is 0 Å². The maximum atomic E-state index is 5.66. The summed E-state index contributed by atoms with van der Waals surface area (Å²) < 4.78 is 11.3. The molecule has 2 aliphatic rings. The largest absolute Gasteiger partial charge is 0.375 e. The highest BCUT2D eigenvalue weighted by Crippen LogP contribution is 2.41. The molecule has 3 atom stereocenters. The quantitative estimate of drug-likeness (QED) is 0.574. The second-order valence-electron chi connectivity index (χ2n) is 3.94. The summed E-state index contributed by atoms with van der Waals surface area (Å²) in [4.78, 5) is 0. The molecule has 0 saturated carbocycles. The summed E-state index contributed by atoms with van der Waals surface area (Å²) in [6.45, 7) is 6.26. The van der Waals surface area contributed by atoms with Crippen LogP contribution in [0.25, 0.3) is 0 Å². The van der Waals surface area contributed by atoms with Crippen molar-refractivity contribution >= 4 is 0 Å². The molecule has 0 aliphatic carbocycles. The summed E-state index contributed by atoms with van der Waals surface area (Å²) in [6.07, 6.45) is 3.04. The molecule has 0 radical (unpaired) electrons. The average molecular weight is 156 g/mol. The van der Waals surface area contributed by atoms with Gasteiger partial charge < -0.3 is 9.47 Å². The van der Waals surface area contributed by atoms with Gasteiger partial charge >= 0.3 is 0 Å². The first-order valence-electron chi connectivity index (χ1n) is 4.49. The van der Waals surface area contributed by atoms with Crippen molar-refractivity contribution in [2.75, 3.05) is 13.2 Å². The number of hydrogen-bond acceptors (Lipinski definition) is 2. The molecule has 2 nitrogen and oxygen atoms in total. The van der Waals surface area contributed by atoms with Gasteiger partial charge in [-0.1, -0.05) is 13.8 Å². The van der Waals surface area contributed by atoms with E-state index in [1.165, 1.54) is 0 Å². The highest BCUT2D eigenvalue weighted by molar-refractivity contribution is 4.96. The maximum absolute atomic E-state index is 5.66. The zero-order valence-electron chi connectivity index (χ0n) is 7.30. The van der Waals surface area contributed by atoms with E-state index < -0.39 is 0 Å². The Labute approximate surface area is 67.9 Å². The van der Waals surface area contributed by atoms with E-state index in [2.05, 4.69) is 13.8 Å². The minimum absolute atomic E-state index is 0.293. The smallest absolute Gasteiger partial charge is 0.0912 e. The second-order valence-corrected chi connectivity index (χ2v) is 3.94. The summed E-state index contributed by atoms with van der Waals surface area (Å²) in [7, 11) is 0. The average Bonchev–Trinajstić information content (AvgIpc) is 2.55. The normalized spacial score (nSPS) is 49.6. The molecule has 2 aliphatic heterocycles. The summed E-state index contributed by atoms with van der Waals surface area (Å²) >= 11 is 0. The summed E-state index contributed by atoms with van der Waals surface area (Å²) in [5, 5.41) is 0. The minimum atomic E-state index is 0.293. The van der Waals surface area contributed by atoms with Crippen LogP contribution in [-0.2, 0) is 9.47 Å². The highest BCUT2D eigenvalue weighted by atomic mass is 16.6. The van der Waals surface area contributed by atoms with Gasteiger partial charge in [0.1, 0.15) is 0 Å². The third-order valence-corrected chi connectivity index (χ3v) is 3.16. The molecule has 0 amide bonds. The number of rotatable bonds is 1. The molecule has 2 fully saturated rings. The number of fused-ring (bicyclic) bond motifs is 1. The molecule has 0 aromatic rings. The van der Waals surface area contributed by atoms with Crippen molar-refractivity contribution in [3.05, 3.63) is 0 Å². The van der Waals surface area contributed by atoms with Crippen molar-refractivity contribution in [2.24, 2.45) is 5.41 Å². The summed E-state index contributed by atoms with van der Waals surface area (Å²) in [6, 6.07) is 0. The van der Waals surface area contributed by atoms with Gasteiger partial charge in [0.05, 0.1) is 18.8 Å².